The fourth-order valence-electron chi connectivity index (χ4n) is 1.52. The van der Waals surface area contributed by atoms with Crippen molar-refractivity contribution in [1.82, 2.24) is 5.32 Å². The Morgan fingerprint density at radius 2 is 2.11 bits per heavy atom. The lowest BCUT2D eigenvalue weighted by molar-refractivity contribution is 0.313. The first-order valence-corrected chi connectivity index (χ1v) is 7.72. The predicted molar refractivity (Wildman–Crippen MR) is 69.0 cm³/mol. The van der Waals surface area contributed by atoms with E-state index in [1.54, 1.807) is 13.1 Å². The zero-order valence-corrected chi connectivity index (χ0v) is 11.4. The summed E-state index contributed by atoms with van der Waals surface area (Å²) >= 11 is 0. The maximum absolute atomic E-state index is 13.1. The molecule has 6 heteroatoms. The molecular formula is C12H18FNO3S. The van der Waals surface area contributed by atoms with Crippen molar-refractivity contribution in [2.24, 2.45) is 0 Å². The molecule has 0 radical (unpaired) electrons. The smallest absolute Gasteiger partial charge is 0.147 e. The van der Waals surface area contributed by atoms with Gasteiger partial charge in [0.25, 0.3) is 0 Å². The molecule has 0 atom stereocenters. The zero-order chi connectivity index (χ0) is 13.6. The molecule has 0 aliphatic carbocycles. The lowest BCUT2D eigenvalue weighted by Crippen LogP contribution is -2.11. The van der Waals surface area contributed by atoms with Crippen LogP contribution in [0.25, 0.3) is 0 Å². The molecule has 102 valence electrons. The summed E-state index contributed by atoms with van der Waals surface area (Å²) < 4.78 is 40.4. The van der Waals surface area contributed by atoms with Gasteiger partial charge in [-0.15, -0.1) is 0 Å². The second kappa shape index (κ2) is 6.70. The van der Waals surface area contributed by atoms with Gasteiger partial charge in [0.1, 0.15) is 21.4 Å². The Balaban J connectivity index is 2.56. The number of hydrogen-bond acceptors (Lipinski definition) is 4. The van der Waals surface area contributed by atoms with Crippen LogP contribution >= 0.6 is 0 Å². The van der Waals surface area contributed by atoms with E-state index in [-0.39, 0.29) is 11.6 Å². The van der Waals surface area contributed by atoms with Gasteiger partial charge >= 0.3 is 0 Å². The van der Waals surface area contributed by atoms with Gasteiger partial charge in [-0.1, -0.05) is 0 Å². The molecule has 1 aromatic rings. The van der Waals surface area contributed by atoms with Crippen molar-refractivity contribution in [3.8, 4) is 5.75 Å². The van der Waals surface area contributed by atoms with E-state index in [0.717, 1.165) is 5.56 Å². The average molecular weight is 275 g/mol. The second-order valence-corrected chi connectivity index (χ2v) is 6.37. The summed E-state index contributed by atoms with van der Waals surface area (Å²) in [6.45, 7) is 0.800. The summed E-state index contributed by atoms with van der Waals surface area (Å²) in [6.07, 6.45) is 1.62. The molecule has 4 nitrogen and oxygen atoms in total. The Labute approximate surface area is 107 Å². The van der Waals surface area contributed by atoms with Gasteiger partial charge < -0.3 is 10.1 Å². The Morgan fingerprint density at radius 3 is 2.72 bits per heavy atom. The maximum atomic E-state index is 13.1. The molecule has 0 amide bonds. The predicted octanol–water partition coefficient (Wildman–Crippen LogP) is 1.36. The van der Waals surface area contributed by atoms with Gasteiger partial charge in [-0.2, -0.15) is 0 Å². The molecule has 0 fully saturated rings. The minimum Gasteiger partial charge on any atom is -0.493 e. The van der Waals surface area contributed by atoms with E-state index in [1.807, 2.05) is 0 Å². The van der Waals surface area contributed by atoms with Crippen molar-refractivity contribution in [2.75, 3.05) is 25.7 Å². The Hall–Kier alpha value is -1.14. The first-order chi connectivity index (χ1) is 8.42. The number of nitrogens with one attached hydrogen (secondary N) is 1. The Kier molecular flexibility index (Phi) is 5.55. The number of ether oxygens (including phenoxy) is 1. The van der Waals surface area contributed by atoms with E-state index >= 15 is 0 Å². The fraction of sp³-hybridized carbons (Fsp3) is 0.500. The molecule has 0 heterocycles. The number of benzene rings is 1. The molecule has 0 bridgehead atoms. The van der Waals surface area contributed by atoms with Crippen LogP contribution in [0.3, 0.4) is 0 Å². The number of hydrogen-bond donors (Lipinski definition) is 1. The van der Waals surface area contributed by atoms with E-state index in [1.165, 1.54) is 18.4 Å². The molecule has 18 heavy (non-hydrogen) atoms. The van der Waals surface area contributed by atoms with Gasteiger partial charge in [-0.3, -0.25) is 0 Å². The van der Waals surface area contributed by atoms with Crippen LogP contribution in [0.4, 0.5) is 4.39 Å². The van der Waals surface area contributed by atoms with Gasteiger partial charge in [0, 0.05) is 18.4 Å². The van der Waals surface area contributed by atoms with Gasteiger partial charge in [-0.25, -0.2) is 12.8 Å². The van der Waals surface area contributed by atoms with E-state index in [4.69, 9.17) is 4.74 Å². The van der Waals surface area contributed by atoms with Crippen LogP contribution in [0.15, 0.2) is 18.2 Å². The minimum absolute atomic E-state index is 0.0928. The SMILES string of the molecule is CNCc1cc(F)ccc1OCCCS(C)(=O)=O. The average Bonchev–Trinajstić information content (AvgIpc) is 2.26. The summed E-state index contributed by atoms with van der Waals surface area (Å²) in [5.74, 6) is 0.359. The van der Waals surface area contributed by atoms with E-state index < -0.39 is 9.84 Å². The first kappa shape index (κ1) is 14.9. The van der Waals surface area contributed by atoms with E-state index in [9.17, 15) is 12.8 Å². The third-order valence-corrected chi connectivity index (χ3v) is 3.34. The van der Waals surface area contributed by atoms with Gasteiger partial charge in [0.05, 0.1) is 12.4 Å². The molecule has 1 aromatic carbocycles. The lowest BCUT2D eigenvalue weighted by Gasteiger charge is -2.11. The lowest BCUT2D eigenvalue weighted by atomic mass is 10.2. The topological polar surface area (TPSA) is 55.4 Å². The largest absolute Gasteiger partial charge is 0.493 e. The van der Waals surface area contributed by atoms with Crippen LogP contribution < -0.4 is 10.1 Å². The van der Waals surface area contributed by atoms with Crippen molar-refractivity contribution >= 4 is 9.84 Å². The summed E-state index contributed by atoms with van der Waals surface area (Å²) in [5, 5.41) is 2.92. The van der Waals surface area contributed by atoms with Gasteiger partial charge in [-0.05, 0) is 31.7 Å². The van der Waals surface area contributed by atoms with Crippen molar-refractivity contribution in [3.05, 3.63) is 29.6 Å². The molecule has 0 aliphatic heterocycles. The number of rotatable bonds is 7. The fourth-order valence-corrected chi connectivity index (χ4v) is 2.16. The van der Waals surface area contributed by atoms with E-state index in [0.29, 0.717) is 25.3 Å². The zero-order valence-electron chi connectivity index (χ0n) is 10.6. The van der Waals surface area contributed by atoms with Crippen molar-refractivity contribution in [1.29, 1.82) is 0 Å². The van der Waals surface area contributed by atoms with Crippen molar-refractivity contribution in [3.63, 3.8) is 0 Å². The minimum atomic E-state index is -2.96. The molecule has 0 aromatic heterocycles. The summed E-state index contributed by atoms with van der Waals surface area (Å²) in [4.78, 5) is 0. The Morgan fingerprint density at radius 1 is 1.39 bits per heavy atom. The van der Waals surface area contributed by atoms with Crippen LogP contribution in [0.2, 0.25) is 0 Å². The van der Waals surface area contributed by atoms with Crippen LogP contribution in [0.5, 0.6) is 5.75 Å². The summed E-state index contributed by atoms with van der Waals surface area (Å²) in [7, 11) is -1.20. The van der Waals surface area contributed by atoms with Crippen molar-refractivity contribution in [2.45, 2.75) is 13.0 Å². The second-order valence-electron chi connectivity index (χ2n) is 4.11. The van der Waals surface area contributed by atoms with E-state index in [2.05, 4.69) is 5.32 Å². The van der Waals surface area contributed by atoms with Crippen LogP contribution in [-0.2, 0) is 16.4 Å². The highest BCUT2D eigenvalue weighted by atomic mass is 32.2. The molecule has 0 aliphatic rings. The third-order valence-electron chi connectivity index (χ3n) is 2.31. The monoisotopic (exact) mass is 275 g/mol. The summed E-state index contributed by atoms with van der Waals surface area (Å²) in [5.41, 5.74) is 0.719. The first-order valence-electron chi connectivity index (χ1n) is 5.66. The standard InChI is InChI=1S/C12H18FNO3S/c1-14-9-10-8-11(13)4-5-12(10)17-6-3-7-18(2,15)16/h4-5,8,14H,3,6-7,9H2,1-2H3. The van der Waals surface area contributed by atoms with Crippen LogP contribution in [-0.4, -0.2) is 34.1 Å². The van der Waals surface area contributed by atoms with Gasteiger partial charge in [0.2, 0.25) is 0 Å². The molecule has 0 saturated heterocycles. The molecule has 0 spiro atoms. The third kappa shape index (κ3) is 5.46. The molecule has 1 N–H and O–H groups in total. The summed E-state index contributed by atoms with van der Waals surface area (Å²) in [6, 6.07) is 4.29. The maximum Gasteiger partial charge on any atom is 0.147 e. The number of halogens is 1. The quantitative estimate of drug-likeness (QED) is 0.763. The highest BCUT2D eigenvalue weighted by Crippen LogP contribution is 2.19. The number of sulfone groups is 1. The van der Waals surface area contributed by atoms with Gasteiger partial charge in [0.15, 0.2) is 0 Å². The molecule has 1 rings (SSSR count). The normalized spacial score (nSPS) is 11.5. The molecular weight excluding hydrogens is 257 g/mol. The molecule has 0 unspecified atom stereocenters. The van der Waals surface area contributed by atoms with Crippen LogP contribution in [0, 0.1) is 5.82 Å². The molecule has 0 saturated carbocycles. The van der Waals surface area contributed by atoms with Crippen molar-refractivity contribution < 1.29 is 17.5 Å². The Bertz CT molecular complexity index is 488. The highest BCUT2D eigenvalue weighted by Gasteiger charge is 2.06. The van der Waals surface area contributed by atoms with Crippen LogP contribution in [0.1, 0.15) is 12.0 Å². The highest BCUT2D eigenvalue weighted by molar-refractivity contribution is 7.90.